The zero-order valence-corrected chi connectivity index (χ0v) is 12.9. The van der Waals surface area contributed by atoms with Gasteiger partial charge in [-0.3, -0.25) is 4.79 Å². The van der Waals surface area contributed by atoms with E-state index in [9.17, 15) is 4.79 Å². The molecule has 2 rings (SSSR count). The summed E-state index contributed by atoms with van der Waals surface area (Å²) in [6.45, 7) is 5.38. The predicted octanol–water partition coefficient (Wildman–Crippen LogP) is 1.96. The Bertz CT molecular complexity index is 608. The molecule has 21 heavy (non-hydrogen) atoms. The van der Waals surface area contributed by atoms with Crippen LogP contribution in [0.4, 0.5) is 5.69 Å². The number of amides is 1. The molecule has 0 spiro atoms. The topological polar surface area (TPSA) is 33.5 Å². The number of likely N-dealkylation sites (N-methyl/N-ethyl adjacent to an activating group) is 1. The van der Waals surface area contributed by atoms with Crippen molar-refractivity contribution in [2.24, 2.45) is 0 Å². The number of hydrogen-bond acceptors (Lipinski definition) is 1. The molecule has 3 nitrogen and oxygen atoms in total. The van der Waals surface area contributed by atoms with Crippen LogP contribution >= 0.6 is 0 Å². The second-order valence-electron chi connectivity index (χ2n) is 5.66. The lowest BCUT2D eigenvalue weighted by Gasteiger charge is -2.15. The van der Waals surface area contributed by atoms with Gasteiger partial charge in [-0.2, -0.15) is 0 Å². The second kappa shape index (κ2) is 7.04. The fourth-order valence-electron chi connectivity index (χ4n) is 2.43. The second-order valence-corrected chi connectivity index (χ2v) is 5.66. The van der Waals surface area contributed by atoms with Crippen molar-refractivity contribution in [3.05, 3.63) is 65.2 Å². The monoisotopic (exact) mass is 283 g/mol. The van der Waals surface area contributed by atoms with E-state index in [-0.39, 0.29) is 5.91 Å². The van der Waals surface area contributed by atoms with Crippen LogP contribution in [0.15, 0.2) is 48.5 Å². The number of carbonyl (C=O) groups is 1. The van der Waals surface area contributed by atoms with Gasteiger partial charge in [0.1, 0.15) is 6.54 Å². The van der Waals surface area contributed by atoms with Gasteiger partial charge in [0.25, 0.3) is 5.91 Å². The highest BCUT2D eigenvalue weighted by atomic mass is 16.2. The smallest absolute Gasteiger partial charge is 0.279 e. The summed E-state index contributed by atoms with van der Waals surface area (Å²) in [5, 5.41) is 2.99. The summed E-state index contributed by atoms with van der Waals surface area (Å²) >= 11 is 0. The van der Waals surface area contributed by atoms with Gasteiger partial charge < -0.3 is 10.2 Å². The molecular formula is C18H23N2O+. The standard InChI is InChI=1S/C18H22N2O/c1-14-9-10-17(15(2)11-14)19-18(21)13-20(3)12-16-7-5-4-6-8-16/h4-11H,12-13H2,1-3H3,(H,19,21)/p+1. The number of nitrogens with one attached hydrogen (secondary N) is 2. The SMILES string of the molecule is Cc1ccc(NC(=O)C[NH+](C)Cc2ccccc2)c(C)c1. The first-order valence-corrected chi connectivity index (χ1v) is 7.27. The van der Waals surface area contributed by atoms with Gasteiger partial charge in [0.2, 0.25) is 0 Å². The van der Waals surface area contributed by atoms with Crippen LogP contribution in [0.1, 0.15) is 16.7 Å². The van der Waals surface area contributed by atoms with E-state index in [4.69, 9.17) is 0 Å². The predicted molar refractivity (Wildman–Crippen MR) is 86.4 cm³/mol. The normalized spacial score (nSPS) is 12.0. The summed E-state index contributed by atoms with van der Waals surface area (Å²) in [7, 11) is 2.04. The minimum Gasteiger partial charge on any atom is -0.326 e. The first-order valence-electron chi connectivity index (χ1n) is 7.27. The number of benzene rings is 2. The number of rotatable bonds is 5. The maximum absolute atomic E-state index is 12.1. The maximum Gasteiger partial charge on any atom is 0.279 e. The molecule has 0 bridgehead atoms. The molecule has 0 saturated heterocycles. The number of carbonyl (C=O) groups excluding carboxylic acids is 1. The van der Waals surface area contributed by atoms with E-state index < -0.39 is 0 Å². The third-order valence-corrected chi connectivity index (χ3v) is 3.47. The number of quaternary nitrogens is 1. The first-order chi connectivity index (χ1) is 10.0. The van der Waals surface area contributed by atoms with E-state index in [1.165, 1.54) is 16.0 Å². The van der Waals surface area contributed by atoms with Crippen LogP contribution in [-0.2, 0) is 11.3 Å². The summed E-state index contributed by atoms with van der Waals surface area (Å²) in [5.41, 5.74) is 4.45. The first kappa shape index (κ1) is 15.3. The van der Waals surface area contributed by atoms with Crippen molar-refractivity contribution in [3.8, 4) is 0 Å². The summed E-state index contributed by atoms with van der Waals surface area (Å²) in [5.74, 6) is 0.0513. The van der Waals surface area contributed by atoms with E-state index in [1.54, 1.807) is 0 Å². The van der Waals surface area contributed by atoms with E-state index in [2.05, 4.69) is 30.4 Å². The minimum absolute atomic E-state index is 0.0513. The van der Waals surface area contributed by atoms with Crippen LogP contribution < -0.4 is 10.2 Å². The average Bonchev–Trinajstić information content (AvgIpc) is 2.43. The molecule has 1 amide bonds. The third kappa shape index (κ3) is 4.72. The molecular weight excluding hydrogens is 260 g/mol. The van der Waals surface area contributed by atoms with Crippen molar-refractivity contribution < 1.29 is 9.69 Å². The van der Waals surface area contributed by atoms with Gasteiger partial charge in [0.15, 0.2) is 6.54 Å². The molecule has 1 unspecified atom stereocenters. The van der Waals surface area contributed by atoms with E-state index >= 15 is 0 Å². The van der Waals surface area contributed by atoms with Gasteiger partial charge in [-0.15, -0.1) is 0 Å². The van der Waals surface area contributed by atoms with Gasteiger partial charge in [0.05, 0.1) is 7.05 Å². The molecule has 2 N–H and O–H groups in total. The summed E-state index contributed by atoms with van der Waals surface area (Å²) in [6, 6.07) is 16.3. The fraction of sp³-hybridized carbons (Fsp3) is 0.278. The fourth-order valence-corrected chi connectivity index (χ4v) is 2.43. The molecule has 0 fully saturated rings. The van der Waals surface area contributed by atoms with Crippen molar-refractivity contribution in [2.45, 2.75) is 20.4 Å². The highest BCUT2D eigenvalue weighted by molar-refractivity contribution is 5.92. The van der Waals surface area contributed by atoms with Gasteiger partial charge in [-0.05, 0) is 25.5 Å². The van der Waals surface area contributed by atoms with Crippen LogP contribution in [0, 0.1) is 13.8 Å². The zero-order valence-electron chi connectivity index (χ0n) is 12.9. The van der Waals surface area contributed by atoms with Gasteiger partial charge in [-0.25, -0.2) is 0 Å². The van der Waals surface area contributed by atoms with Crippen molar-refractivity contribution >= 4 is 11.6 Å². The molecule has 3 heteroatoms. The van der Waals surface area contributed by atoms with Crippen molar-refractivity contribution in [1.29, 1.82) is 0 Å². The third-order valence-electron chi connectivity index (χ3n) is 3.47. The average molecular weight is 283 g/mol. The Balaban J connectivity index is 1.89. The molecule has 110 valence electrons. The molecule has 0 saturated carbocycles. The van der Waals surface area contributed by atoms with Crippen molar-refractivity contribution in [3.63, 3.8) is 0 Å². The summed E-state index contributed by atoms with van der Waals surface area (Å²) < 4.78 is 0. The zero-order chi connectivity index (χ0) is 15.2. The molecule has 0 aliphatic rings. The van der Waals surface area contributed by atoms with Gasteiger partial charge >= 0.3 is 0 Å². The van der Waals surface area contributed by atoms with Crippen LogP contribution in [0.5, 0.6) is 0 Å². The highest BCUT2D eigenvalue weighted by Crippen LogP contribution is 2.15. The van der Waals surface area contributed by atoms with Crippen LogP contribution in [0.2, 0.25) is 0 Å². The lowest BCUT2D eigenvalue weighted by atomic mass is 10.1. The molecule has 0 radical (unpaired) electrons. The molecule has 2 aromatic carbocycles. The lowest BCUT2D eigenvalue weighted by Crippen LogP contribution is -3.08. The van der Waals surface area contributed by atoms with Crippen LogP contribution in [0.3, 0.4) is 0 Å². The Hall–Kier alpha value is -2.13. The largest absolute Gasteiger partial charge is 0.326 e. The molecule has 2 aromatic rings. The number of anilines is 1. The Morgan fingerprint density at radius 3 is 2.48 bits per heavy atom. The highest BCUT2D eigenvalue weighted by Gasteiger charge is 2.11. The molecule has 0 aliphatic carbocycles. The quantitative estimate of drug-likeness (QED) is 0.864. The van der Waals surface area contributed by atoms with Crippen molar-refractivity contribution in [1.82, 2.24) is 0 Å². The molecule has 0 aromatic heterocycles. The van der Waals surface area contributed by atoms with Gasteiger partial charge in [-0.1, -0.05) is 48.0 Å². The van der Waals surface area contributed by atoms with Gasteiger partial charge in [0, 0.05) is 11.3 Å². The molecule has 0 heterocycles. The minimum atomic E-state index is 0.0513. The number of hydrogen-bond donors (Lipinski definition) is 2. The Labute approximate surface area is 126 Å². The van der Waals surface area contributed by atoms with Crippen LogP contribution in [-0.4, -0.2) is 19.5 Å². The summed E-state index contributed by atoms with van der Waals surface area (Å²) in [4.78, 5) is 13.3. The molecule has 0 aliphatic heterocycles. The van der Waals surface area contributed by atoms with E-state index in [0.717, 1.165) is 17.8 Å². The van der Waals surface area contributed by atoms with E-state index in [0.29, 0.717) is 6.54 Å². The maximum atomic E-state index is 12.1. The van der Waals surface area contributed by atoms with Crippen molar-refractivity contribution in [2.75, 3.05) is 18.9 Å². The lowest BCUT2D eigenvalue weighted by molar-refractivity contribution is -0.885. The van der Waals surface area contributed by atoms with E-state index in [1.807, 2.05) is 44.3 Å². The summed E-state index contributed by atoms with van der Waals surface area (Å²) in [6.07, 6.45) is 0. The van der Waals surface area contributed by atoms with Crippen LogP contribution in [0.25, 0.3) is 0 Å². The molecule has 1 atom stereocenters. The Morgan fingerprint density at radius 1 is 1.10 bits per heavy atom. The Morgan fingerprint density at radius 2 is 1.81 bits per heavy atom. The number of aryl methyl sites for hydroxylation is 2. The Kier molecular flexibility index (Phi) is 5.12.